The van der Waals surface area contributed by atoms with Gasteiger partial charge in [-0.2, -0.15) is 0 Å². The molecule has 0 saturated heterocycles. The number of aliphatic hydroxyl groups is 1. The van der Waals surface area contributed by atoms with E-state index in [2.05, 4.69) is 26.0 Å². The fraction of sp³-hybridized carbons (Fsp3) is 0.538. The third kappa shape index (κ3) is 3.22. The Bertz CT molecular complexity index is 350. The van der Waals surface area contributed by atoms with E-state index in [0.29, 0.717) is 13.0 Å². The summed E-state index contributed by atoms with van der Waals surface area (Å²) in [6.45, 7) is 6.94. The molecule has 90 valence electrons. The molecule has 1 aromatic rings. The largest absolute Gasteiger partial charge is 0.493 e. The summed E-state index contributed by atoms with van der Waals surface area (Å²) in [4.78, 5) is 0. The minimum atomic E-state index is -0.467. The van der Waals surface area contributed by atoms with Crippen LogP contribution in [0.2, 0.25) is 0 Å². The van der Waals surface area contributed by atoms with Crippen molar-refractivity contribution in [3.8, 4) is 5.75 Å². The molecule has 0 aromatic heterocycles. The topological polar surface area (TPSA) is 55.5 Å². The molecule has 3 nitrogen and oxygen atoms in total. The van der Waals surface area contributed by atoms with E-state index in [-0.39, 0.29) is 6.54 Å². The van der Waals surface area contributed by atoms with Gasteiger partial charge in [-0.1, -0.05) is 12.1 Å². The van der Waals surface area contributed by atoms with E-state index in [1.54, 1.807) is 0 Å². The SMILES string of the molecule is Cc1ccc(C)c(OCCC(O)CN)c1C. The summed E-state index contributed by atoms with van der Waals surface area (Å²) >= 11 is 0. The van der Waals surface area contributed by atoms with Crippen molar-refractivity contribution >= 4 is 0 Å². The molecule has 3 N–H and O–H groups in total. The molecule has 1 aromatic carbocycles. The van der Waals surface area contributed by atoms with E-state index in [0.717, 1.165) is 11.3 Å². The molecule has 1 atom stereocenters. The Morgan fingerprint density at radius 1 is 1.25 bits per heavy atom. The molecule has 0 aliphatic rings. The molecule has 0 saturated carbocycles. The van der Waals surface area contributed by atoms with Crippen molar-refractivity contribution in [3.05, 3.63) is 28.8 Å². The van der Waals surface area contributed by atoms with Gasteiger partial charge >= 0.3 is 0 Å². The van der Waals surface area contributed by atoms with Crippen LogP contribution in [0, 0.1) is 20.8 Å². The van der Waals surface area contributed by atoms with Gasteiger partial charge < -0.3 is 15.6 Å². The molecule has 0 spiro atoms. The van der Waals surface area contributed by atoms with Crippen molar-refractivity contribution in [3.63, 3.8) is 0 Å². The lowest BCUT2D eigenvalue weighted by Crippen LogP contribution is -2.22. The highest BCUT2D eigenvalue weighted by Crippen LogP contribution is 2.25. The predicted octanol–water partition coefficient (Wildman–Crippen LogP) is 1.70. The molecule has 0 heterocycles. The first kappa shape index (κ1) is 13.0. The average molecular weight is 223 g/mol. The quantitative estimate of drug-likeness (QED) is 0.799. The molecular formula is C13H21NO2. The van der Waals surface area contributed by atoms with Crippen LogP contribution in [0.25, 0.3) is 0 Å². The number of ether oxygens (including phenoxy) is 1. The van der Waals surface area contributed by atoms with Crippen molar-refractivity contribution in [2.45, 2.75) is 33.3 Å². The molecule has 3 heteroatoms. The van der Waals surface area contributed by atoms with Crippen molar-refractivity contribution in [2.24, 2.45) is 5.73 Å². The van der Waals surface area contributed by atoms with Crippen molar-refractivity contribution in [1.29, 1.82) is 0 Å². The van der Waals surface area contributed by atoms with Crippen LogP contribution in [0.1, 0.15) is 23.1 Å². The van der Waals surface area contributed by atoms with Crippen molar-refractivity contribution in [1.82, 2.24) is 0 Å². The first-order valence-corrected chi connectivity index (χ1v) is 5.64. The summed E-state index contributed by atoms with van der Waals surface area (Å²) < 4.78 is 5.71. The van der Waals surface area contributed by atoms with Gasteiger partial charge in [-0.3, -0.25) is 0 Å². The number of benzene rings is 1. The zero-order valence-corrected chi connectivity index (χ0v) is 10.3. The Morgan fingerprint density at radius 3 is 2.50 bits per heavy atom. The summed E-state index contributed by atoms with van der Waals surface area (Å²) in [6.07, 6.45) is 0.106. The second-order valence-corrected chi connectivity index (χ2v) is 4.18. The van der Waals surface area contributed by atoms with Gasteiger partial charge in [0.15, 0.2) is 0 Å². The van der Waals surface area contributed by atoms with Gasteiger partial charge in [0.05, 0.1) is 12.7 Å². The monoisotopic (exact) mass is 223 g/mol. The zero-order chi connectivity index (χ0) is 12.1. The van der Waals surface area contributed by atoms with E-state index in [9.17, 15) is 5.11 Å². The maximum Gasteiger partial charge on any atom is 0.125 e. The predicted molar refractivity (Wildman–Crippen MR) is 65.8 cm³/mol. The van der Waals surface area contributed by atoms with Gasteiger partial charge in [0.2, 0.25) is 0 Å². The van der Waals surface area contributed by atoms with Gasteiger partial charge in [0.1, 0.15) is 5.75 Å². The number of nitrogens with two attached hydrogens (primary N) is 1. The van der Waals surface area contributed by atoms with Gasteiger partial charge in [0, 0.05) is 13.0 Å². The fourth-order valence-electron chi connectivity index (χ4n) is 1.56. The van der Waals surface area contributed by atoms with Gasteiger partial charge in [-0.25, -0.2) is 0 Å². The van der Waals surface area contributed by atoms with Crippen molar-refractivity contribution < 1.29 is 9.84 Å². The minimum absolute atomic E-state index is 0.287. The molecule has 0 aliphatic carbocycles. The number of hydrogen-bond acceptors (Lipinski definition) is 3. The Morgan fingerprint density at radius 2 is 1.88 bits per heavy atom. The molecule has 16 heavy (non-hydrogen) atoms. The number of hydrogen-bond donors (Lipinski definition) is 2. The van der Waals surface area contributed by atoms with Crippen LogP contribution in [-0.2, 0) is 0 Å². The standard InChI is InChI=1S/C13H21NO2/c1-9-4-5-10(2)13(11(9)3)16-7-6-12(15)8-14/h4-5,12,15H,6-8,14H2,1-3H3. The molecular weight excluding hydrogens is 202 g/mol. The Balaban J connectivity index is 2.63. The van der Waals surface area contributed by atoms with E-state index in [1.807, 2.05) is 6.92 Å². The number of rotatable bonds is 5. The van der Waals surface area contributed by atoms with Crippen LogP contribution in [0.3, 0.4) is 0 Å². The Kier molecular flexibility index (Phi) is 4.77. The second-order valence-electron chi connectivity index (χ2n) is 4.18. The Hall–Kier alpha value is -1.06. The lowest BCUT2D eigenvalue weighted by Gasteiger charge is -2.15. The maximum absolute atomic E-state index is 9.32. The van der Waals surface area contributed by atoms with Gasteiger partial charge in [-0.15, -0.1) is 0 Å². The van der Waals surface area contributed by atoms with Crippen LogP contribution >= 0.6 is 0 Å². The minimum Gasteiger partial charge on any atom is -0.493 e. The van der Waals surface area contributed by atoms with Crippen LogP contribution in [0.4, 0.5) is 0 Å². The van der Waals surface area contributed by atoms with Crippen LogP contribution < -0.4 is 10.5 Å². The van der Waals surface area contributed by atoms with Crippen molar-refractivity contribution in [2.75, 3.05) is 13.2 Å². The molecule has 1 rings (SSSR count). The lowest BCUT2D eigenvalue weighted by molar-refractivity contribution is 0.145. The first-order valence-electron chi connectivity index (χ1n) is 5.64. The molecule has 0 radical (unpaired) electrons. The summed E-state index contributed by atoms with van der Waals surface area (Å²) in [5.41, 5.74) is 8.85. The fourth-order valence-corrected chi connectivity index (χ4v) is 1.56. The lowest BCUT2D eigenvalue weighted by atomic mass is 10.1. The van der Waals surface area contributed by atoms with Gasteiger partial charge in [0.25, 0.3) is 0 Å². The molecule has 0 aliphatic heterocycles. The highest BCUT2D eigenvalue weighted by molar-refractivity contribution is 5.44. The van der Waals surface area contributed by atoms with E-state index >= 15 is 0 Å². The molecule has 0 amide bonds. The molecule has 0 fully saturated rings. The first-order chi connectivity index (χ1) is 7.56. The van der Waals surface area contributed by atoms with Crippen LogP contribution in [0.5, 0.6) is 5.75 Å². The summed E-state index contributed by atoms with van der Waals surface area (Å²) in [7, 11) is 0. The van der Waals surface area contributed by atoms with Gasteiger partial charge in [-0.05, 0) is 37.5 Å². The Labute approximate surface area is 97.2 Å². The van der Waals surface area contributed by atoms with Crippen LogP contribution in [0.15, 0.2) is 12.1 Å². The van der Waals surface area contributed by atoms with E-state index in [4.69, 9.17) is 10.5 Å². The second kappa shape index (κ2) is 5.87. The highest BCUT2D eigenvalue weighted by Gasteiger charge is 2.07. The highest BCUT2D eigenvalue weighted by atomic mass is 16.5. The summed E-state index contributed by atoms with van der Waals surface area (Å²) in [5.74, 6) is 0.934. The van der Waals surface area contributed by atoms with E-state index < -0.39 is 6.10 Å². The third-order valence-electron chi connectivity index (χ3n) is 2.84. The smallest absolute Gasteiger partial charge is 0.125 e. The third-order valence-corrected chi connectivity index (χ3v) is 2.84. The molecule has 0 bridgehead atoms. The maximum atomic E-state index is 9.32. The average Bonchev–Trinajstić information content (AvgIpc) is 2.28. The number of aliphatic hydroxyl groups excluding tert-OH is 1. The van der Waals surface area contributed by atoms with E-state index in [1.165, 1.54) is 11.1 Å². The summed E-state index contributed by atoms with van der Waals surface area (Å²) in [6, 6.07) is 4.14. The number of aryl methyl sites for hydroxylation is 2. The summed E-state index contributed by atoms with van der Waals surface area (Å²) in [5, 5.41) is 9.32. The van der Waals surface area contributed by atoms with Crippen LogP contribution in [-0.4, -0.2) is 24.4 Å². The molecule has 1 unspecified atom stereocenters. The zero-order valence-electron chi connectivity index (χ0n) is 10.3. The normalized spacial score (nSPS) is 12.6.